The lowest BCUT2D eigenvalue weighted by Gasteiger charge is -2.39. The third-order valence-corrected chi connectivity index (χ3v) is 13.0. The van der Waals surface area contributed by atoms with E-state index in [4.69, 9.17) is 0 Å². The average molecular weight is 477 g/mol. The molecule has 0 aromatic heterocycles. The Morgan fingerprint density at radius 1 is 0.484 bits per heavy atom. The summed E-state index contributed by atoms with van der Waals surface area (Å²) in [6.07, 6.45) is 19.8. The molecule has 0 saturated carbocycles. The highest BCUT2D eigenvalue weighted by atomic mass is 28.3. The molecule has 0 atom stereocenters. The zero-order valence-electron chi connectivity index (χ0n) is 23.7. The summed E-state index contributed by atoms with van der Waals surface area (Å²) in [7, 11) is -4.36. The van der Waals surface area contributed by atoms with Gasteiger partial charge in [-0.25, -0.2) is 0 Å². The van der Waals surface area contributed by atoms with Crippen LogP contribution in [0.5, 0.6) is 0 Å². The Hall–Kier alpha value is -0.0644. The Balaban J connectivity index is 6.96. The van der Waals surface area contributed by atoms with Gasteiger partial charge in [0.05, 0.1) is 24.2 Å². The molecule has 0 fully saturated rings. The van der Waals surface area contributed by atoms with Gasteiger partial charge in [-0.15, -0.1) is 15.3 Å². The molecular weight excluding hydrogens is 419 g/mol. The minimum atomic E-state index is -1.45. The highest BCUT2D eigenvalue weighted by Crippen LogP contribution is 2.36. The van der Waals surface area contributed by atoms with Gasteiger partial charge in [0.2, 0.25) is 6.71 Å². The highest BCUT2D eigenvalue weighted by molar-refractivity contribution is 7.17. The maximum Gasteiger partial charge on any atom is 0.215 e. The maximum absolute atomic E-state index is 2.72. The van der Waals surface area contributed by atoms with Gasteiger partial charge in [-0.2, -0.15) is 0 Å². The Morgan fingerprint density at radius 3 is 0.871 bits per heavy atom. The van der Waals surface area contributed by atoms with Crippen molar-refractivity contribution in [2.45, 2.75) is 137 Å². The van der Waals surface area contributed by atoms with Gasteiger partial charge >= 0.3 is 0 Å². The van der Waals surface area contributed by atoms with E-state index in [-0.39, 0.29) is 0 Å². The van der Waals surface area contributed by atoms with Crippen LogP contribution in [-0.2, 0) is 0 Å². The van der Waals surface area contributed by atoms with Crippen LogP contribution in [-0.4, -0.2) is 30.9 Å². The van der Waals surface area contributed by atoms with Crippen molar-refractivity contribution in [1.82, 2.24) is 0 Å². The minimum absolute atomic E-state index is 0.593. The Morgan fingerprint density at radius 2 is 0.710 bits per heavy atom. The van der Waals surface area contributed by atoms with E-state index in [1.165, 1.54) is 57.8 Å². The third kappa shape index (κ3) is 11.6. The molecule has 31 heavy (non-hydrogen) atoms. The average Bonchev–Trinajstić information content (AvgIpc) is 2.61. The Labute approximate surface area is 201 Å². The summed E-state index contributed by atoms with van der Waals surface area (Å²) in [5.41, 5.74) is 0. The summed E-state index contributed by atoms with van der Waals surface area (Å²) in [6.45, 7) is 31.0. The van der Waals surface area contributed by atoms with E-state index in [0.29, 0.717) is 6.71 Å². The molecule has 0 radical (unpaired) electrons. The zero-order valence-corrected chi connectivity index (χ0v) is 26.7. The summed E-state index contributed by atoms with van der Waals surface area (Å²) in [6, 6.07) is 0. The molecule has 0 heterocycles. The van der Waals surface area contributed by atoms with Crippen LogP contribution in [0.25, 0.3) is 0 Å². The van der Waals surface area contributed by atoms with Gasteiger partial charge < -0.3 is 0 Å². The first kappa shape index (κ1) is 30.9. The Kier molecular flexibility index (Phi) is 14.2. The van der Waals surface area contributed by atoms with Gasteiger partial charge in [0.1, 0.15) is 0 Å². The van der Waals surface area contributed by atoms with Crippen LogP contribution in [0.4, 0.5) is 0 Å². The fraction of sp³-hybridized carbons (Fsp3) is 0.778. The van der Waals surface area contributed by atoms with Crippen molar-refractivity contribution in [2.24, 2.45) is 0 Å². The van der Waals surface area contributed by atoms with E-state index in [1.807, 2.05) is 15.3 Å². The first-order valence-electron chi connectivity index (χ1n) is 13.3. The predicted octanol–water partition coefficient (Wildman–Crippen LogP) is 10.1. The summed E-state index contributed by atoms with van der Waals surface area (Å²) >= 11 is 0. The van der Waals surface area contributed by atoms with Gasteiger partial charge in [-0.1, -0.05) is 136 Å². The monoisotopic (exact) mass is 476 g/mol. The van der Waals surface area contributed by atoms with E-state index >= 15 is 0 Å². The number of hydrogen-bond donors (Lipinski definition) is 0. The predicted molar refractivity (Wildman–Crippen MR) is 159 cm³/mol. The van der Waals surface area contributed by atoms with Crippen LogP contribution in [0.2, 0.25) is 58.9 Å². The smallest absolute Gasteiger partial charge is 0.106 e. The van der Waals surface area contributed by atoms with Crippen molar-refractivity contribution in [2.75, 3.05) is 0 Å². The lowest BCUT2D eigenvalue weighted by atomic mass is 9.47. The van der Waals surface area contributed by atoms with Gasteiger partial charge in [-0.05, 0) is 19.3 Å². The Bertz CT molecular complexity index is 510. The SMILES string of the molecule is CCCC/C=C(/B(/C(=C/CCCC)[Si](C)(C)C)/C(=C/CCCC)[Si](C)(C)C)[Si](C)(C)C. The molecule has 0 rings (SSSR count). The lowest BCUT2D eigenvalue weighted by molar-refractivity contribution is 0.812. The molecule has 4 heteroatoms. The minimum Gasteiger partial charge on any atom is -0.106 e. The normalized spacial score (nSPS) is 14.9. The second kappa shape index (κ2) is 14.3. The first-order chi connectivity index (χ1) is 14.2. The number of allylic oxidation sites excluding steroid dienone is 3. The molecule has 0 aromatic carbocycles. The fourth-order valence-corrected chi connectivity index (χ4v) is 10.7. The van der Waals surface area contributed by atoms with Crippen molar-refractivity contribution < 1.29 is 0 Å². The molecule has 0 aliphatic rings. The van der Waals surface area contributed by atoms with Crippen molar-refractivity contribution in [1.29, 1.82) is 0 Å². The molecule has 0 aromatic rings. The molecule has 0 amide bonds. The molecule has 0 aliphatic carbocycles. The van der Waals surface area contributed by atoms with Gasteiger partial charge in [-0.3, -0.25) is 0 Å². The second-order valence-electron chi connectivity index (χ2n) is 12.6. The van der Waals surface area contributed by atoms with Crippen molar-refractivity contribution in [3.8, 4) is 0 Å². The second-order valence-corrected chi connectivity index (χ2v) is 27.8. The maximum atomic E-state index is 2.72. The molecule has 0 nitrogen and oxygen atoms in total. The van der Waals surface area contributed by atoms with Gasteiger partial charge in [0.25, 0.3) is 0 Å². The highest BCUT2D eigenvalue weighted by Gasteiger charge is 2.42. The molecule has 0 bridgehead atoms. The van der Waals surface area contributed by atoms with Crippen molar-refractivity contribution >= 4 is 30.9 Å². The van der Waals surface area contributed by atoms with Crippen LogP contribution < -0.4 is 0 Å². The summed E-state index contributed by atoms with van der Waals surface area (Å²) in [5.74, 6) is 0. The molecule has 180 valence electrons. The van der Waals surface area contributed by atoms with Crippen LogP contribution >= 0.6 is 0 Å². The molecule has 0 unspecified atom stereocenters. The van der Waals surface area contributed by atoms with Crippen LogP contribution in [0.3, 0.4) is 0 Å². The van der Waals surface area contributed by atoms with Crippen molar-refractivity contribution in [3.63, 3.8) is 0 Å². The molecular formula is C27H57BSi3. The lowest BCUT2D eigenvalue weighted by Crippen LogP contribution is -2.49. The molecule has 0 saturated heterocycles. The number of unbranched alkanes of at least 4 members (excludes halogenated alkanes) is 6. The third-order valence-electron chi connectivity index (χ3n) is 6.30. The molecule has 0 spiro atoms. The summed E-state index contributed by atoms with van der Waals surface area (Å²) < 4.78 is 0. The summed E-state index contributed by atoms with van der Waals surface area (Å²) in [4.78, 5) is 0. The van der Waals surface area contributed by atoms with Crippen LogP contribution in [0.15, 0.2) is 33.5 Å². The van der Waals surface area contributed by atoms with E-state index in [2.05, 4.69) is 97.9 Å². The van der Waals surface area contributed by atoms with E-state index < -0.39 is 24.2 Å². The summed E-state index contributed by atoms with van der Waals surface area (Å²) in [5, 5.41) is 5.53. The van der Waals surface area contributed by atoms with Gasteiger partial charge in [0, 0.05) is 0 Å². The zero-order chi connectivity index (χ0) is 24.3. The first-order valence-corrected chi connectivity index (χ1v) is 23.8. The molecule has 0 aliphatic heterocycles. The topological polar surface area (TPSA) is 0 Å². The van der Waals surface area contributed by atoms with Gasteiger partial charge in [0.15, 0.2) is 0 Å². The van der Waals surface area contributed by atoms with E-state index in [9.17, 15) is 0 Å². The van der Waals surface area contributed by atoms with Crippen molar-refractivity contribution in [3.05, 3.63) is 33.5 Å². The number of rotatable bonds is 15. The standard InChI is InChI=1S/C27H57BSi3/c1-13-16-19-22-25(29(4,5)6)28(26(30(7,8)9)23-20-17-14-2)27(31(10,11)12)24-21-18-15-3/h22-24H,13-21H2,1-12H3/b25-22-,26-23-,27-24-. The fourth-order valence-electron chi connectivity index (χ4n) is 4.46. The van der Waals surface area contributed by atoms with Crippen LogP contribution in [0.1, 0.15) is 78.6 Å². The number of hydrogen-bond acceptors (Lipinski definition) is 0. The van der Waals surface area contributed by atoms with E-state index in [0.717, 1.165) is 0 Å². The van der Waals surface area contributed by atoms with Crippen LogP contribution in [0, 0.1) is 0 Å². The quantitative estimate of drug-likeness (QED) is 0.163. The van der Waals surface area contributed by atoms with E-state index in [1.54, 1.807) is 0 Å². The largest absolute Gasteiger partial charge is 0.215 e. The molecule has 0 N–H and O–H groups in total.